The number of anilines is 1. The predicted molar refractivity (Wildman–Crippen MR) is 77.7 cm³/mol. The van der Waals surface area contributed by atoms with Gasteiger partial charge in [-0.15, -0.1) is 0 Å². The Kier molecular flexibility index (Phi) is 4.70. The standard InChI is InChI=1S/C15H20ClNO2/c1-10-5-3-4-6-14(10)19-15(18)17-13-8-7-12(16)9-11(13)2/h7-10,14H,3-6H2,1-2H3,(H,17,18). The van der Waals surface area contributed by atoms with Crippen LogP contribution in [0.3, 0.4) is 0 Å². The summed E-state index contributed by atoms with van der Waals surface area (Å²) in [5.74, 6) is 0.450. The van der Waals surface area contributed by atoms with Crippen LogP contribution in [0.2, 0.25) is 5.02 Å². The average molecular weight is 282 g/mol. The fourth-order valence-corrected chi connectivity index (χ4v) is 2.73. The first kappa shape index (κ1) is 14.2. The van der Waals surface area contributed by atoms with Gasteiger partial charge in [-0.2, -0.15) is 0 Å². The fraction of sp³-hybridized carbons (Fsp3) is 0.533. The molecule has 1 aromatic carbocycles. The molecule has 0 heterocycles. The van der Waals surface area contributed by atoms with Crippen molar-refractivity contribution in [2.45, 2.75) is 45.6 Å². The number of ether oxygens (including phenoxy) is 1. The number of benzene rings is 1. The van der Waals surface area contributed by atoms with Crippen molar-refractivity contribution in [3.05, 3.63) is 28.8 Å². The lowest BCUT2D eigenvalue weighted by Crippen LogP contribution is -2.30. The van der Waals surface area contributed by atoms with Gasteiger partial charge in [0.15, 0.2) is 0 Å². The lowest BCUT2D eigenvalue weighted by atomic mass is 9.88. The Morgan fingerprint density at radius 1 is 1.37 bits per heavy atom. The maximum Gasteiger partial charge on any atom is 0.411 e. The van der Waals surface area contributed by atoms with Crippen molar-refractivity contribution in [3.8, 4) is 0 Å². The minimum Gasteiger partial charge on any atom is -0.446 e. The first-order chi connectivity index (χ1) is 9.06. The number of halogens is 1. The summed E-state index contributed by atoms with van der Waals surface area (Å²) in [6.45, 7) is 4.05. The number of rotatable bonds is 2. The predicted octanol–water partition coefficient (Wildman–Crippen LogP) is 4.78. The molecule has 4 heteroatoms. The molecule has 1 aliphatic carbocycles. The highest BCUT2D eigenvalue weighted by Crippen LogP contribution is 2.27. The fourth-order valence-electron chi connectivity index (χ4n) is 2.50. The van der Waals surface area contributed by atoms with E-state index >= 15 is 0 Å². The van der Waals surface area contributed by atoms with E-state index in [-0.39, 0.29) is 12.2 Å². The summed E-state index contributed by atoms with van der Waals surface area (Å²) in [5.41, 5.74) is 1.68. The van der Waals surface area contributed by atoms with Gasteiger partial charge < -0.3 is 4.74 Å². The molecule has 0 spiro atoms. The van der Waals surface area contributed by atoms with E-state index in [1.807, 2.05) is 13.0 Å². The summed E-state index contributed by atoms with van der Waals surface area (Å²) >= 11 is 5.88. The molecule has 19 heavy (non-hydrogen) atoms. The highest BCUT2D eigenvalue weighted by atomic mass is 35.5. The van der Waals surface area contributed by atoms with Gasteiger partial charge in [0.2, 0.25) is 0 Å². The molecule has 104 valence electrons. The molecule has 1 aliphatic rings. The van der Waals surface area contributed by atoms with Crippen LogP contribution in [0.1, 0.15) is 38.2 Å². The Morgan fingerprint density at radius 3 is 2.79 bits per heavy atom. The van der Waals surface area contributed by atoms with Crippen molar-refractivity contribution in [1.29, 1.82) is 0 Å². The van der Waals surface area contributed by atoms with Crippen LogP contribution in [0.5, 0.6) is 0 Å². The van der Waals surface area contributed by atoms with Crippen LogP contribution >= 0.6 is 11.6 Å². The third-order valence-electron chi connectivity index (χ3n) is 3.72. The van der Waals surface area contributed by atoms with Crippen LogP contribution in [-0.2, 0) is 4.74 Å². The second-order valence-corrected chi connectivity index (χ2v) is 5.73. The quantitative estimate of drug-likeness (QED) is 0.847. The van der Waals surface area contributed by atoms with E-state index in [4.69, 9.17) is 16.3 Å². The van der Waals surface area contributed by atoms with Crippen molar-refractivity contribution in [3.63, 3.8) is 0 Å². The van der Waals surface area contributed by atoms with E-state index in [1.54, 1.807) is 12.1 Å². The largest absolute Gasteiger partial charge is 0.446 e. The molecular formula is C15H20ClNO2. The molecule has 1 amide bonds. The van der Waals surface area contributed by atoms with Crippen LogP contribution in [-0.4, -0.2) is 12.2 Å². The molecule has 0 bridgehead atoms. The molecule has 1 fully saturated rings. The van der Waals surface area contributed by atoms with E-state index in [0.29, 0.717) is 10.9 Å². The Bertz CT molecular complexity index is 461. The molecular weight excluding hydrogens is 262 g/mol. The summed E-state index contributed by atoms with van der Waals surface area (Å²) in [6.07, 6.45) is 4.15. The molecule has 1 aromatic rings. The van der Waals surface area contributed by atoms with E-state index in [0.717, 1.165) is 30.5 Å². The van der Waals surface area contributed by atoms with E-state index in [1.165, 1.54) is 6.42 Å². The highest BCUT2D eigenvalue weighted by molar-refractivity contribution is 6.30. The minimum atomic E-state index is -0.371. The van der Waals surface area contributed by atoms with Crippen molar-refractivity contribution in [2.75, 3.05) is 5.32 Å². The van der Waals surface area contributed by atoms with Crippen LogP contribution in [0.25, 0.3) is 0 Å². The van der Waals surface area contributed by atoms with Crippen molar-refractivity contribution in [2.24, 2.45) is 5.92 Å². The van der Waals surface area contributed by atoms with Gasteiger partial charge >= 0.3 is 6.09 Å². The first-order valence-corrected chi connectivity index (χ1v) is 7.18. The summed E-state index contributed by atoms with van der Waals surface area (Å²) in [7, 11) is 0. The van der Waals surface area contributed by atoms with Gasteiger partial charge in [-0.3, -0.25) is 5.32 Å². The Balaban J connectivity index is 1.93. The van der Waals surface area contributed by atoms with Gasteiger partial charge in [-0.1, -0.05) is 24.9 Å². The Hall–Kier alpha value is -1.22. The van der Waals surface area contributed by atoms with Crippen LogP contribution in [0, 0.1) is 12.8 Å². The number of hydrogen-bond donors (Lipinski definition) is 1. The molecule has 0 radical (unpaired) electrons. The highest BCUT2D eigenvalue weighted by Gasteiger charge is 2.24. The van der Waals surface area contributed by atoms with Gasteiger partial charge in [0.05, 0.1) is 0 Å². The third kappa shape index (κ3) is 3.87. The minimum absolute atomic E-state index is 0.0429. The molecule has 2 unspecified atom stereocenters. The lowest BCUT2D eigenvalue weighted by molar-refractivity contribution is 0.0524. The zero-order valence-electron chi connectivity index (χ0n) is 11.4. The normalized spacial score (nSPS) is 22.9. The summed E-state index contributed by atoms with van der Waals surface area (Å²) in [6, 6.07) is 5.37. The summed E-state index contributed by atoms with van der Waals surface area (Å²) < 4.78 is 5.51. The van der Waals surface area contributed by atoms with E-state index in [9.17, 15) is 4.79 Å². The summed E-state index contributed by atoms with van der Waals surface area (Å²) in [5, 5.41) is 3.45. The molecule has 0 aromatic heterocycles. The molecule has 1 saturated carbocycles. The second-order valence-electron chi connectivity index (χ2n) is 5.29. The van der Waals surface area contributed by atoms with Gasteiger partial charge in [0, 0.05) is 10.7 Å². The van der Waals surface area contributed by atoms with Crippen LogP contribution < -0.4 is 5.32 Å². The molecule has 3 nitrogen and oxygen atoms in total. The third-order valence-corrected chi connectivity index (χ3v) is 3.95. The maximum absolute atomic E-state index is 11.9. The molecule has 2 rings (SSSR count). The average Bonchev–Trinajstić information content (AvgIpc) is 2.36. The van der Waals surface area contributed by atoms with E-state index < -0.39 is 0 Å². The molecule has 0 saturated heterocycles. The smallest absolute Gasteiger partial charge is 0.411 e. The van der Waals surface area contributed by atoms with Crippen molar-refractivity contribution < 1.29 is 9.53 Å². The number of hydrogen-bond acceptors (Lipinski definition) is 2. The van der Waals surface area contributed by atoms with Crippen LogP contribution in [0.4, 0.5) is 10.5 Å². The van der Waals surface area contributed by atoms with Crippen LogP contribution in [0.15, 0.2) is 18.2 Å². The topological polar surface area (TPSA) is 38.3 Å². The SMILES string of the molecule is Cc1cc(Cl)ccc1NC(=O)OC1CCCCC1C. The maximum atomic E-state index is 11.9. The zero-order chi connectivity index (χ0) is 13.8. The van der Waals surface area contributed by atoms with Crippen molar-refractivity contribution >= 4 is 23.4 Å². The second kappa shape index (κ2) is 6.29. The molecule has 1 N–H and O–H groups in total. The summed E-state index contributed by atoms with van der Waals surface area (Å²) in [4.78, 5) is 11.9. The lowest BCUT2D eigenvalue weighted by Gasteiger charge is -2.28. The van der Waals surface area contributed by atoms with Gasteiger partial charge in [-0.05, 0) is 55.9 Å². The zero-order valence-corrected chi connectivity index (χ0v) is 12.2. The van der Waals surface area contributed by atoms with E-state index in [2.05, 4.69) is 12.2 Å². The number of amides is 1. The number of nitrogens with one attached hydrogen (secondary N) is 1. The Labute approximate surface area is 119 Å². The number of carbonyl (C=O) groups excluding carboxylic acids is 1. The monoisotopic (exact) mass is 281 g/mol. The van der Waals surface area contributed by atoms with Gasteiger partial charge in [0.25, 0.3) is 0 Å². The van der Waals surface area contributed by atoms with Crippen molar-refractivity contribution in [1.82, 2.24) is 0 Å². The first-order valence-electron chi connectivity index (χ1n) is 6.80. The number of carbonyl (C=O) groups is 1. The molecule has 2 atom stereocenters. The molecule has 0 aliphatic heterocycles. The van der Waals surface area contributed by atoms with Gasteiger partial charge in [-0.25, -0.2) is 4.79 Å². The number of aryl methyl sites for hydroxylation is 1. The Morgan fingerprint density at radius 2 is 2.11 bits per heavy atom. The van der Waals surface area contributed by atoms with Gasteiger partial charge in [0.1, 0.15) is 6.10 Å².